The van der Waals surface area contributed by atoms with Crippen LogP contribution in [-0.4, -0.2) is 24.7 Å². The second kappa shape index (κ2) is 8.99. The number of benzene rings is 2. The molecule has 0 bridgehead atoms. The predicted molar refractivity (Wildman–Crippen MR) is 122 cm³/mol. The molecule has 4 rings (SSSR count). The van der Waals surface area contributed by atoms with Crippen molar-refractivity contribution in [3.05, 3.63) is 93.8 Å². The molecule has 33 heavy (non-hydrogen) atoms. The van der Waals surface area contributed by atoms with E-state index in [1.165, 1.54) is 28.8 Å². The summed E-state index contributed by atoms with van der Waals surface area (Å²) in [5.41, 5.74) is -1.95. The molecule has 0 spiro atoms. The van der Waals surface area contributed by atoms with Gasteiger partial charge in [-0.2, -0.15) is 13.2 Å². The van der Waals surface area contributed by atoms with Crippen LogP contribution in [0.5, 0.6) is 5.88 Å². The smallest absolute Gasteiger partial charge is 0.446 e. The number of alkyl halides is 3. The number of pyridine rings is 1. The lowest BCUT2D eigenvalue weighted by Gasteiger charge is -2.11. The second-order valence-corrected chi connectivity index (χ2v) is 8.77. The lowest BCUT2D eigenvalue weighted by atomic mass is 10.0. The summed E-state index contributed by atoms with van der Waals surface area (Å²) >= 11 is 5.87. The highest BCUT2D eigenvalue weighted by molar-refractivity contribution is 8.00. The average molecular weight is 492 g/mol. The molecule has 0 aliphatic rings. The average Bonchev–Trinajstić information content (AvgIpc) is 2.97. The maximum absolute atomic E-state index is 13.2. The first-order chi connectivity index (χ1) is 15.6. The van der Waals surface area contributed by atoms with Gasteiger partial charge in [-0.1, -0.05) is 23.7 Å². The zero-order chi connectivity index (χ0) is 23.8. The summed E-state index contributed by atoms with van der Waals surface area (Å²) in [5, 5.41) is 11.2. The van der Waals surface area contributed by atoms with Crippen LogP contribution < -0.4 is 5.69 Å². The van der Waals surface area contributed by atoms with Crippen molar-refractivity contribution >= 4 is 23.4 Å². The summed E-state index contributed by atoms with van der Waals surface area (Å²) in [4.78, 5) is 17.3. The molecule has 0 amide bonds. The van der Waals surface area contributed by atoms with Gasteiger partial charge in [0.05, 0.1) is 17.9 Å². The van der Waals surface area contributed by atoms with Gasteiger partial charge in [-0.15, -0.1) is 0 Å². The van der Waals surface area contributed by atoms with Crippen molar-refractivity contribution in [2.24, 2.45) is 0 Å². The third kappa shape index (κ3) is 4.94. The molecule has 2 heterocycles. The van der Waals surface area contributed by atoms with E-state index in [4.69, 9.17) is 11.6 Å². The first kappa shape index (κ1) is 23.0. The largest absolute Gasteiger partial charge is 0.493 e. The molecule has 2 aromatic heterocycles. The standard InChI is InChI=1S/C23H17ClF3N3O2S/c1-14-21(31)30(18-5-7-19(8-6-18)33-23(25,26)27)22(32)29(14)13-16-9-10-28-12-20(16)15-3-2-4-17(24)11-15/h2-12,31H,13H2,1H3. The van der Waals surface area contributed by atoms with Gasteiger partial charge >= 0.3 is 11.2 Å². The van der Waals surface area contributed by atoms with E-state index in [-0.39, 0.29) is 34.8 Å². The monoisotopic (exact) mass is 491 g/mol. The molecule has 0 atom stereocenters. The first-order valence-corrected chi connectivity index (χ1v) is 10.9. The fourth-order valence-electron chi connectivity index (χ4n) is 3.50. The normalized spacial score (nSPS) is 11.7. The molecular formula is C23H17ClF3N3O2S. The number of aromatic hydroxyl groups is 1. The van der Waals surface area contributed by atoms with Crippen molar-refractivity contribution in [2.75, 3.05) is 0 Å². The van der Waals surface area contributed by atoms with Crippen molar-refractivity contribution in [3.8, 4) is 22.7 Å². The number of hydrogen-bond donors (Lipinski definition) is 1. The van der Waals surface area contributed by atoms with E-state index >= 15 is 0 Å². The summed E-state index contributed by atoms with van der Waals surface area (Å²) in [5.74, 6) is -0.283. The molecule has 0 saturated heterocycles. The van der Waals surface area contributed by atoms with Gasteiger partial charge in [-0.3, -0.25) is 9.55 Å². The van der Waals surface area contributed by atoms with Gasteiger partial charge in [0.1, 0.15) is 0 Å². The summed E-state index contributed by atoms with van der Waals surface area (Å²) < 4.78 is 40.2. The number of nitrogens with zero attached hydrogens (tertiary/aromatic N) is 3. The number of rotatable bonds is 5. The molecule has 0 unspecified atom stereocenters. The van der Waals surface area contributed by atoms with Crippen LogP contribution in [0.25, 0.3) is 16.8 Å². The van der Waals surface area contributed by atoms with Crippen molar-refractivity contribution in [1.82, 2.24) is 14.1 Å². The van der Waals surface area contributed by atoms with Gasteiger partial charge < -0.3 is 5.11 Å². The van der Waals surface area contributed by atoms with E-state index in [1.807, 2.05) is 12.1 Å². The second-order valence-electron chi connectivity index (χ2n) is 7.20. The third-order valence-corrected chi connectivity index (χ3v) is 6.04. The van der Waals surface area contributed by atoms with E-state index in [9.17, 15) is 23.1 Å². The number of hydrogen-bond acceptors (Lipinski definition) is 4. The van der Waals surface area contributed by atoms with Gasteiger partial charge in [-0.05, 0) is 72.3 Å². The molecule has 0 saturated carbocycles. The molecule has 0 fully saturated rings. The molecule has 170 valence electrons. The molecule has 5 nitrogen and oxygen atoms in total. The molecule has 0 aliphatic heterocycles. The Kier molecular flexibility index (Phi) is 6.27. The van der Waals surface area contributed by atoms with Crippen molar-refractivity contribution in [1.29, 1.82) is 0 Å². The van der Waals surface area contributed by atoms with Crippen LogP contribution in [-0.2, 0) is 6.54 Å². The Morgan fingerprint density at radius 2 is 1.85 bits per heavy atom. The number of halogens is 4. The van der Waals surface area contributed by atoms with Crippen LogP contribution in [0.4, 0.5) is 13.2 Å². The van der Waals surface area contributed by atoms with Crippen LogP contribution >= 0.6 is 23.4 Å². The zero-order valence-electron chi connectivity index (χ0n) is 17.2. The minimum absolute atomic E-state index is 0.0158. The number of thioether (sulfide) groups is 1. The fourth-order valence-corrected chi connectivity index (χ4v) is 4.23. The van der Waals surface area contributed by atoms with E-state index in [1.54, 1.807) is 37.5 Å². The third-order valence-electron chi connectivity index (χ3n) is 5.07. The highest BCUT2D eigenvalue weighted by Crippen LogP contribution is 2.37. The predicted octanol–water partition coefficient (Wildman–Crippen LogP) is 6.03. The Bertz CT molecular complexity index is 1360. The van der Waals surface area contributed by atoms with Crippen molar-refractivity contribution in [3.63, 3.8) is 0 Å². The van der Waals surface area contributed by atoms with E-state index in [0.717, 1.165) is 21.3 Å². The van der Waals surface area contributed by atoms with Gasteiger partial charge in [-0.25, -0.2) is 9.36 Å². The Labute approximate surface area is 196 Å². The Hall–Kier alpha value is -3.17. The topological polar surface area (TPSA) is 60.1 Å². The quantitative estimate of drug-likeness (QED) is 0.346. The number of aromatic nitrogens is 3. The summed E-state index contributed by atoms with van der Waals surface area (Å²) in [7, 11) is 0. The molecule has 1 N–H and O–H groups in total. The van der Waals surface area contributed by atoms with Crippen LogP contribution in [0.3, 0.4) is 0 Å². The summed E-state index contributed by atoms with van der Waals surface area (Å²) in [6.45, 7) is 1.75. The Morgan fingerprint density at radius 3 is 2.52 bits per heavy atom. The highest BCUT2D eigenvalue weighted by Gasteiger charge is 2.29. The molecular weight excluding hydrogens is 475 g/mol. The summed E-state index contributed by atoms with van der Waals surface area (Å²) in [6.07, 6.45) is 3.28. The molecule has 4 aromatic rings. The van der Waals surface area contributed by atoms with Gasteiger partial charge in [0.15, 0.2) is 0 Å². The lowest BCUT2D eigenvalue weighted by molar-refractivity contribution is -0.0328. The van der Waals surface area contributed by atoms with Crippen molar-refractivity contribution < 1.29 is 18.3 Å². The molecule has 2 aromatic carbocycles. The fraction of sp³-hybridized carbons (Fsp3) is 0.130. The molecule has 0 aliphatic carbocycles. The van der Waals surface area contributed by atoms with Crippen molar-refractivity contribution in [2.45, 2.75) is 23.9 Å². The SMILES string of the molecule is Cc1c(O)n(-c2ccc(SC(F)(F)F)cc2)c(=O)n1Cc1ccncc1-c1cccc(Cl)c1. The minimum atomic E-state index is -4.41. The van der Waals surface area contributed by atoms with Crippen LogP contribution in [0.1, 0.15) is 11.3 Å². The van der Waals surface area contributed by atoms with Crippen LogP contribution in [0.15, 0.2) is 76.7 Å². The lowest BCUT2D eigenvalue weighted by Crippen LogP contribution is -2.24. The maximum Gasteiger partial charge on any atom is 0.446 e. The Morgan fingerprint density at radius 1 is 1.12 bits per heavy atom. The van der Waals surface area contributed by atoms with E-state index in [0.29, 0.717) is 10.7 Å². The first-order valence-electron chi connectivity index (χ1n) is 9.70. The van der Waals surface area contributed by atoms with E-state index < -0.39 is 11.2 Å². The van der Waals surface area contributed by atoms with Gasteiger partial charge in [0, 0.05) is 27.9 Å². The van der Waals surface area contributed by atoms with Crippen LogP contribution in [0, 0.1) is 6.92 Å². The zero-order valence-corrected chi connectivity index (χ0v) is 18.7. The van der Waals surface area contributed by atoms with Gasteiger partial charge in [0.2, 0.25) is 5.88 Å². The molecule has 10 heteroatoms. The minimum Gasteiger partial charge on any atom is -0.493 e. The van der Waals surface area contributed by atoms with E-state index in [2.05, 4.69) is 4.98 Å². The molecule has 0 radical (unpaired) electrons. The van der Waals surface area contributed by atoms with Gasteiger partial charge in [0.25, 0.3) is 0 Å². The summed E-state index contributed by atoms with van der Waals surface area (Å²) in [6, 6.07) is 14.3. The van der Waals surface area contributed by atoms with Crippen LogP contribution in [0.2, 0.25) is 5.02 Å². The highest BCUT2D eigenvalue weighted by atomic mass is 35.5. The Balaban J connectivity index is 1.72. The maximum atomic E-state index is 13.2. The number of imidazole rings is 1.